The van der Waals surface area contributed by atoms with Crippen LogP contribution in [0.25, 0.3) is 0 Å². The molecule has 3 aliphatic carbocycles. The molecule has 18 heavy (non-hydrogen) atoms. The normalized spacial score (nSPS) is 38.7. The molecule has 4 rings (SSSR count). The molecule has 0 aromatic heterocycles. The van der Waals surface area contributed by atoms with Crippen molar-refractivity contribution < 1.29 is 14.9 Å². The van der Waals surface area contributed by atoms with Crippen LogP contribution in [0.4, 0.5) is 0 Å². The van der Waals surface area contributed by atoms with E-state index in [0.717, 1.165) is 37.0 Å². The largest absolute Gasteiger partial charge is 0.496 e. The number of aliphatic hydroxyl groups excluding tert-OH is 1. The number of hydrogen-bond donors (Lipinski definition) is 2. The van der Waals surface area contributed by atoms with Gasteiger partial charge >= 0.3 is 0 Å². The van der Waals surface area contributed by atoms with Gasteiger partial charge in [0.2, 0.25) is 0 Å². The quantitative estimate of drug-likeness (QED) is 0.842. The second-order valence-corrected chi connectivity index (χ2v) is 5.68. The Kier molecular flexibility index (Phi) is 2.83. The van der Waals surface area contributed by atoms with Crippen molar-refractivity contribution >= 4 is 0 Å². The van der Waals surface area contributed by atoms with E-state index in [-0.39, 0.29) is 12.0 Å². The van der Waals surface area contributed by atoms with Gasteiger partial charge in [-0.05, 0) is 37.7 Å². The molecule has 3 heteroatoms. The molecule has 0 radical (unpaired) electrons. The molecule has 98 valence electrons. The molecule has 3 saturated carbocycles. The lowest BCUT2D eigenvalue weighted by atomic mass is 9.58. The van der Waals surface area contributed by atoms with E-state index >= 15 is 0 Å². The first-order valence-electron chi connectivity index (χ1n) is 6.69. The molecule has 1 aromatic rings. The van der Waals surface area contributed by atoms with E-state index in [2.05, 4.69) is 0 Å². The number of para-hydroxylation sites is 1. The van der Waals surface area contributed by atoms with E-state index in [4.69, 9.17) is 4.74 Å². The fourth-order valence-electron chi connectivity index (χ4n) is 3.88. The maximum Gasteiger partial charge on any atom is 0.124 e. The van der Waals surface area contributed by atoms with Crippen molar-refractivity contribution in [3.63, 3.8) is 0 Å². The van der Waals surface area contributed by atoms with Crippen molar-refractivity contribution in [2.45, 2.75) is 37.4 Å². The maximum absolute atomic E-state index is 11.1. The average molecular weight is 248 g/mol. The zero-order valence-corrected chi connectivity index (χ0v) is 10.7. The Bertz CT molecular complexity index is 445. The van der Waals surface area contributed by atoms with Crippen molar-refractivity contribution in [3.05, 3.63) is 29.8 Å². The van der Waals surface area contributed by atoms with Crippen molar-refractivity contribution in [1.29, 1.82) is 0 Å². The van der Waals surface area contributed by atoms with Gasteiger partial charge in [-0.25, -0.2) is 0 Å². The second-order valence-electron chi connectivity index (χ2n) is 5.68. The van der Waals surface area contributed by atoms with Gasteiger partial charge in [-0.3, -0.25) is 0 Å². The lowest BCUT2D eigenvalue weighted by Crippen LogP contribution is -2.52. The molecular weight excluding hydrogens is 228 g/mol. The first-order valence-corrected chi connectivity index (χ1v) is 6.69. The molecule has 3 aliphatic rings. The summed E-state index contributed by atoms with van der Waals surface area (Å²) in [5.74, 6) is 1.10. The Balaban J connectivity index is 2.04. The zero-order chi connectivity index (χ0) is 12.8. The third kappa shape index (κ3) is 1.65. The Morgan fingerprint density at radius 2 is 2.06 bits per heavy atom. The summed E-state index contributed by atoms with van der Waals surface area (Å²) >= 11 is 0. The van der Waals surface area contributed by atoms with Crippen molar-refractivity contribution in [1.82, 2.24) is 0 Å². The molecule has 0 spiro atoms. The molecule has 0 aliphatic heterocycles. The van der Waals surface area contributed by atoms with Crippen LogP contribution < -0.4 is 4.74 Å². The average Bonchev–Trinajstić information content (AvgIpc) is 2.38. The van der Waals surface area contributed by atoms with Crippen molar-refractivity contribution in [2.75, 3.05) is 7.11 Å². The van der Waals surface area contributed by atoms with Crippen LogP contribution in [0.2, 0.25) is 0 Å². The summed E-state index contributed by atoms with van der Waals surface area (Å²) in [6.45, 7) is 0. The maximum atomic E-state index is 11.1. The molecular formula is C15H20O3. The topological polar surface area (TPSA) is 49.7 Å². The SMILES string of the molecule is COc1ccccc1[C@@]1(O)C[C@H]2CC[C@@H]1[C@@H](O)C2. The van der Waals surface area contributed by atoms with E-state index < -0.39 is 5.60 Å². The van der Waals surface area contributed by atoms with Gasteiger partial charge in [-0.2, -0.15) is 0 Å². The molecule has 0 amide bonds. The highest BCUT2D eigenvalue weighted by atomic mass is 16.5. The molecule has 4 atom stereocenters. The van der Waals surface area contributed by atoms with E-state index in [0.29, 0.717) is 5.92 Å². The third-order valence-corrected chi connectivity index (χ3v) is 4.71. The lowest BCUT2D eigenvalue weighted by Gasteiger charge is -2.51. The predicted molar refractivity (Wildman–Crippen MR) is 68.3 cm³/mol. The van der Waals surface area contributed by atoms with E-state index in [1.54, 1.807) is 7.11 Å². The molecule has 1 aromatic carbocycles. The van der Waals surface area contributed by atoms with Gasteiger partial charge in [0.15, 0.2) is 0 Å². The first-order chi connectivity index (χ1) is 8.65. The van der Waals surface area contributed by atoms with Crippen molar-refractivity contribution in [3.8, 4) is 5.75 Å². The van der Waals surface area contributed by atoms with Crippen LogP contribution in [0.3, 0.4) is 0 Å². The zero-order valence-electron chi connectivity index (χ0n) is 10.7. The van der Waals surface area contributed by atoms with E-state index in [9.17, 15) is 10.2 Å². The van der Waals surface area contributed by atoms with Crippen LogP contribution in [-0.2, 0) is 5.60 Å². The summed E-state index contributed by atoms with van der Waals surface area (Å²) in [7, 11) is 1.62. The van der Waals surface area contributed by atoms with Gasteiger partial charge in [0.25, 0.3) is 0 Å². The Morgan fingerprint density at radius 1 is 1.28 bits per heavy atom. The molecule has 2 N–H and O–H groups in total. The van der Waals surface area contributed by atoms with Crippen molar-refractivity contribution in [2.24, 2.45) is 11.8 Å². The minimum atomic E-state index is -0.923. The Morgan fingerprint density at radius 3 is 2.72 bits per heavy atom. The van der Waals surface area contributed by atoms with Gasteiger partial charge in [0.1, 0.15) is 5.75 Å². The van der Waals surface area contributed by atoms with Crippen LogP contribution in [0.1, 0.15) is 31.2 Å². The Hall–Kier alpha value is -1.06. The molecule has 0 unspecified atom stereocenters. The number of fused-ring (bicyclic) bond motifs is 3. The highest BCUT2D eigenvalue weighted by Crippen LogP contribution is 2.53. The van der Waals surface area contributed by atoms with Crippen LogP contribution in [0, 0.1) is 11.8 Å². The summed E-state index contributed by atoms with van der Waals surface area (Å²) in [4.78, 5) is 0. The molecule has 3 fully saturated rings. The van der Waals surface area contributed by atoms with Crippen LogP contribution >= 0.6 is 0 Å². The molecule has 3 nitrogen and oxygen atoms in total. The highest BCUT2D eigenvalue weighted by Gasteiger charge is 2.52. The first kappa shape index (κ1) is 12.0. The molecule has 0 heterocycles. The van der Waals surface area contributed by atoms with E-state index in [1.165, 1.54) is 0 Å². The summed E-state index contributed by atoms with van der Waals surface area (Å²) in [6, 6.07) is 7.63. The highest BCUT2D eigenvalue weighted by molar-refractivity contribution is 5.39. The van der Waals surface area contributed by atoms with Gasteiger partial charge in [0.05, 0.1) is 18.8 Å². The minimum Gasteiger partial charge on any atom is -0.496 e. The van der Waals surface area contributed by atoms with Gasteiger partial charge in [0, 0.05) is 11.5 Å². The van der Waals surface area contributed by atoms with Crippen LogP contribution in [0.15, 0.2) is 24.3 Å². The lowest BCUT2D eigenvalue weighted by molar-refractivity contribution is -0.157. The molecule has 2 bridgehead atoms. The van der Waals surface area contributed by atoms with Crippen LogP contribution in [-0.4, -0.2) is 23.4 Å². The van der Waals surface area contributed by atoms with Gasteiger partial charge in [-0.1, -0.05) is 18.2 Å². The number of ether oxygens (including phenoxy) is 1. The summed E-state index contributed by atoms with van der Waals surface area (Å²) in [6.07, 6.45) is 3.23. The van der Waals surface area contributed by atoms with Gasteiger partial charge in [-0.15, -0.1) is 0 Å². The third-order valence-electron chi connectivity index (χ3n) is 4.71. The monoisotopic (exact) mass is 248 g/mol. The van der Waals surface area contributed by atoms with E-state index in [1.807, 2.05) is 24.3 Å². The fraction of sp³-hybridized carbons (Fsp3) is 0.600. The summed E-state index contributed by atoms with van der Waals surface area (Å²) in [5.41, 5.74) is -0.0892. The second kappa shape index (κ2) is 4.25. The predicted octanol–water partition coefficient (Wildman–Crippen LogP) is 2.06. The minimum absolute atomic E-state index is 0.0567. The number of hydrogen-bond acceptors (Lipinski definition) is 3. The fourth-order valence-corrected chi connectivity index (χ4v) is 3.88. The smallest absolute Gasteiger partial charge is 0.124 e. The summed E-state index contributed by atoms with van der Waals surface area (Å²) < 4.78 is 5.37. The standard InChI is InChI=1S/C15H20O3/c1-18-14-5-3-2-4-12(14)15(17)9-10-6-7-11(15)13(16)8-10/h2-5,10-11,13,16-17H,6-9H2,1H3/t10-,11+,13-,15+/m0/s1. The molecule has 0 saturated heterocycles. The number of methoxy groups -OCH3 is 1. The number of benzene rings is 1. The number of rotatable bonds is 2. The summed E-state index contributed by atoms with van der Waals surface area (Å²) in [5, 5.41) is 21.2. The Labute approximate surface area is 107 Å². The van der Waals surface area contributed by atoms with Gasteiger partial charge < -0.3 is 14.9 Å². The van der Waals surface area contributed by atoms with Crippen LogP contribution in [0.5, 0.6) is 5.75 Å². The number of aliphatic hydroxyl groups is 2.